The van der Waals surface area contributed by atoms with Crippen molar-refractivity contribution in [2.45, 2.75) is 64.7 Å². The van der Waals surface area contributed by atoms with Crippen LogP contribution in [0.15, 0.2) is 23.8 Å². The number of fused-ring (bicyclic) bond motifs is 3. The van der Waals surface area contributed by atoms with E-state index < -0.39 is 11.4 Å². The average Bonchev–Trinajstić information content (AvgIpc) is 2.52. The molecule has 3 nitrogen and oxygen atoms in total. The van der Waals surface area contributed by atoms with Crippen LogP contribution in [0.5, 0.6) is 5.75 Å². The molecule has 130 valence electrons. The quantitative estimate of drug-likeness (QED) is 0.808. The van der Waals surface area contributed by atoms with E-state index >= 15 is 0 Å². The first kappa shape index (κ1) is 17.1. The predicted octanol–water partition coefficient (Wildman–Crippen LogP) is 4.83. The molecule has 1 aromatic carbocycles. The van der Waals surface area contributed by atoms with Gasteiger partial charge >= 0.3 is 5.97 Å². The van der Waals surface area contributed by atoms with Gasteiger partial charge in [-0.2, -0.15) is 0 Å². The second-order valence-corrected chi connectivity index (χ2v) is 8.18. The fraction of sp³-hybridized carbons (Fsp3) is 0.571. The number of rotatable bonds is 3. The molecule has 3 rings (SSSR count). The Balaban J connectivity index is 2.28. The molecule has 0 saturated heterocycles. The van der Waals surface area contributed by atoms with E-state index in [-0.39, 0.29) is 5.41 Å². The van der Waals surface area contributed by atoms with Gasteiger partial charge in [0.15, 0.2) is 0 Å². The minimum absolute atomic E-state index is 0.0711. The lowest BCUT2D eigenvalue weighted by Crippen LogP contribution is -2.48. The molecular formula is C21H28O3. The number of allylic oxidation sites excluding steroid dienone is 1. The Labute approximate surface area is 144 Å². The van der Waals surface area contributed by atoms with Gasteiger partial charge in [-0.15, -0.1) is 0 Å². The second-order valence-electron chi connectivity index (χ2n) is 8.18. The predicted molar refractivity (Wildman–Crippen MR) is 95.8 cm³/mol. The molecule has 1 N–H and O–H groups in total. The van der Waals surface area contributed by atoms with Crippen molar-refractivity contribution in [3.63, 3.8) is 0 Å². The maximum Gasteiger partial charge on any atom is 0.318 e. The first-order chi connectivity index (χ1) is 11.2. The SMILES string of the molecule is COc1cc2c(cc1C(C)C)CC=C1C(C)(C)CCCC12C(=O)O. The molecule has 1 unspecified atom stereocenters. The Morgan fingerprint density at radius 1 is 1.25 bits per heavy atom. The molecule has 0 bridgehead atoms. The van der Waals surface area contributed by atoms with Crippen LogP contribution in [-0.4, -0.2) is 18.2 Å². The summed E-state index contributed by atoms with van der Waals surface area (Å²) in [6.07, 6.45) is 5.66. The lowest BCUT2D eigenvalue weighted by atomic mass is 9.54. The third-order valence-electron chi connectivity index (χ3n) is 5.97. The van der Waals surface area contributed by atoms with E-state index in [1.165, 1.54) is 0 Å². The summed E-state index contributed by atoms with van der Waals surface area (Å²) in [5.41, 5.74) is 3.37. The van der Waals surface area contributed by atoms with E-state index in [1.807, 2.05) is 6.07 Å². The molecule has 0 spiro atoms. The number of ether oxygens (including phenoxy) is 1. The van der Waals surface area contributed by atoms with Gasteiger partial charge < -0.3 is 9.84 Å². The van der Waals surface area contributed by atoms with Crippen molar-refractivity contribution >= 4 is 5.97 Å². The van der Waals surface area contributed by atoms with Gasteiger partial charge in [-0.05, 0) is 58.9 Å². The molecule has 2 aliphatic rings. The Hall–Kier alpha value is -1.77. The molecule has 24 heavy (non-hydrogen) atoms. The van der Waals surface area contributed by atoms with Gasteiger partial charge in [0.05, 0.1) is 7.11 Å². The monoisotopic (exact) mass is 328 g/mol. The first-order valence-corrected chi connectivity index (χ1v) is 8.90. The molecule has 0 aliphatic heterocycles. The smallest absolute Gasteiger partial charge is 0.318 e. The van der Waals surface area contributed by atoms with Gasteiger partial charge in [0.25, 0.3) is 0 Å². The Morgan fingerprint density at radius 2 is 1.96 bits per heavy atom. The zero-order chi connectivity index (χ0) is 17.7. The molecular weight excluding hydrogens is 300 g/mol. The van der Waals surface area contributed by atoms with Crippen molar-refractivity contribution in [2.24, 2.45) is 5.41 Å². The first-order valence-electron chi connectivity index (χ1n) is 8.90. The maximum atomic E-state index is 12.5. The zero-order valence-electron chi connectivity index (χ0n) is 15.4. The number of hydrogen-bond donors (Lipinski definition) is 1. The van der Waals surface area contributed by atoms with E-state index in [1.54, 1.807) is 7.11 Å². The Morgan fingerprint density at radius 3 is 2.54 bits per heavy atom. The van der Waals surface area contributed by atoms with Gasteiger partial charge in [-0.3, -0.25) is 4.79 Å². The van der Waals surface area contributed by atoms with E-state index in [4.69, 9.17) is 4.74 Å². The van der Waals surface area contributed by atoms with Gasteiger partial charge in [-0.25, -0.2) is 0 Å². The highest BCUT2D eigenvalue weighted by molar-refractivity contribution is 5.88. The van der Waals surface area contributed by atoms with Gasteiger partial charge in [0.2, 0.25) is 0 Å². The van der Waals surface area contributed by atoms with Crippen LogP contribution < -0.4 is 4.74 Å². The molecule has 3 heteroatoms. The zero-order valence-corrected chi connectivity index (χ0v) is 15.4. The summed E-state index contributed by atoms with van der Waals surface area (Å²) in [5, 5.41) is 10.3. The van der Waals surface area contributed by atoms with Crippen LogP contribution in [0.1, 0.15) is 69.6 Å². The summed E-state index contributed by atoms with van der Waals surface area (Å²) in [6, 6.07) is 4.17. The van der Waals surface area contributed by atoms with Crippen molar-refractivity contribution in [3.8, 4) is 5.75 Å². The fourth-order valence-electron chi connectivity index (χ4n) is 4.76. The highest BCUT2D eigenvalue weighted by Gasteiger charge is 2.53. The third kappa shape index (κ3) is 2.28. The number of aliphatic carboxylic acids is 1. The minimum Gasteiger partial charge on any atom is -0.496 e. The largest absolute Gasteiger partial charge is 0.496 e. The molecule has 0 amide bonds. The Kier molecular flexibility index (Phi) is 4.01. The van der Waals surface area contributed by atoms with Gasteiger partial charge in [-0.1, -0.05) is 46.3 Å². The van der Waals surface area contributed by atoms with Crippen LogP contribution in [0.3, 0.4) is 0 Å². The summed E-state index contributed by atoms with van der Waals surface area (Å²) in [4.78, 5) is 12.5. The molecule has 0 heterocycles. The lowest BCUT2D eigenvalue weighted by molar-refractivity contribution is -0.144. The van der Waals surface area contributed by atoms with Crippen LogP contribution in [0.25, 0.3) is 0 Å². The van der Waals surface area contributed by atoms with E-state index in [0.29, 0.717) is 12.3 Å². The van der Waals surface area contributed by atoms with Gasteiger partial charge in [0, 0.05) is 0 Å². The van der Waals surface area contributed by atoms with Crippen LogP contribution in [0, 0.1) is 5.41 Å². The van der Waals surface area contributed by atoms with Crippen LogP contribution in [0.4, 0.5) is 0 Å². The molecule has 1 fully saturated rings. The normalized spacial score (nSPS) is 24.8. The number of benzene rings is 1. The molecule has 1 atom stereocenters. The highest BCUT2D eigenvalue weighted by atomic mass is 16.5. The number of carboxylic acids is 1. The van der Waals surface area contributed by atoms with Crippen molar-refractivity contribution in [3.05, 3.63) is 40.5 Å². The third-order valence-corrected chi connectivity index (χ3v) is 5.97. The molecule has 1 aromatic rings. The van der Waals surface area contributed by atoms with Crippen LogP contribution in [0.2, 0.25) is 0 Å². The van der Waals surface area contributed by atoms with Crippen molar-refractivity contribution < 1.29 is 14.6 Å². The van der Waals surface area contributed by atoms with Crippen LogP contribution in [-0.2, 0) is 16.6 Å². The van der Waals surface area contributed by atoms with Crippen molar-refractivity contribution in [1.82, 2.24) is 0 Å². The van der Waals surface area contributed by atoms with E-state index in [9.17, 15) is 9.90 Å². The van der Waals surface area contributed by atoms with Gasteiger partial charge in [0.1, 0.15) is 11.2 Å². The average molecular weight is 328 g/mol. The van der Waals surface area contributed by atoms with E-state index in [2.05, 4.69) is 39.8 Å². The molecule has 2 aliphatic carbocycles. The summed E-state index contributed by atoms with van der Waals surface area (Å²) >= 11 is 0. The summed E-state index contributed by atoms with van der Waals surface area (Å²) in [7, 11) is 1.67. The maximum absolute atomic E-state index is 12.5. The number of hydrogen-bond acceptors (Lipinski definition) is 2. The Bertz CT molecular complexity index is 712. The summed E-state index contributed by atoms with van der Waals surface area (Å²) in [5.74, 6) is 0.440. The topological polar surface area (TPSA) is 46.5 Å². The summed E-state index contributed by atoms with van der Waals surface area (Å²) < 4.78 is 5.62. The highest BCUT2D eigenvalue weighted by Crippen LogP contribution is 2.55. The molecule has 0 aromatic heterocycles. The molecule has 1 saturated carbocycles. The number of carbonyl (C=O) groups is 1. The fourth-order valence-corrected chi connectivity index (χ4v) is 4.76. The summed E-state index contributed by atoms with van der Waals surface area (Å²) in [6.45, 7) is 8.65. The van der Waals surface area contributed by atoms with Crippen molar-refractivity contribution in [2.75, 3.05) is 7.11 Å². The lowest BCUT2D eigenvalue weighted by Gasteiger charge is -2.48. The number of carboxylic acid groups (broad SMARTS) is 1. The van der Waals surface area contributed by atoms with Crippen molar-refractivity contribution in [1.29, 1.82) is 0 Å². The molecule has 0 radical (unpaired) electrons. The minimum atomic E-state index is -0.891. The standard InChI is InChI=1S/C21H28O3/c1-13(2)15-11-14-7-8-18-20(3,4)9-6-10-21(18,19(22)23)16(14)12-17(15)24-5/h8,11-13H,6-7,9-10H2,1-5H3,(H,22,23). The number of methoxy groups -OCH3 is 1. The van der Waals surface area contributed by atoms with E-state index in [0.717, 1.165) is 47.3 Å². The van der Waals surface area contributed by atoms with Crippen LogP contribution >= 0.6 is 0 Å². The second kappa shape index (κ2) is 5.65.